The summed E-state index contributed by atoms with van der Waals surface area (Å²) < 4.78 is 10.7. The molecule has 0 aliphatic carbocycles. The predicted molar refractivity (Wildman–Crippen MR) is 117 cm³/mol. The monoisotopic (exact) mass is 408 g/mol. The number of phenolic OH excluding ortho intramolecular Hbond substituents is 3. The summed E-state index contributed by atoms with van der Waals surface area (Å²) in [6, 6.07) is 11.4. The zero-order valence-corrected chi connectivity index (χ0v) is 18.2. The van der Waals surface area contributed by atoms with E-state index in [9.17, 15) is 15.3 Å². The van der Waals surface area contributed by atoms with Gasteiger partial charge in [-0.15, -0.1) is 0 Å². The van der Waals surface area contributed by atoms with Crippen LogP contribution in [0.4, 0.5) is 0 Å². The minimum Gasteiger partial charge on any atom is -0.507 e. The van der Waals surface area contributed by atoms with Gasteiger partial charge in [-0.25, -0.2) is 0 Å². The molecular formula is C25H28O5. The third kappa shape index (κ3) is 3.75. The van der Waals surface area contributed by atoms with Crippen molar-refractivity contribution < 1.29 is 24.8 Å². The lowest BCUT2D eigenvalue weighted by molar-refractivity contribution is 0.339. The molecule has 3 N–H and O–H groups in total. The van der Waals surface area contributed by atoms with E-state index in [0.29, 0.717) is 11.5 Å². The van der Waals surface area contributed by atoms with E-state index in [1.165, 1.54) is 14.2 Å². The Morgan fingerprint density at radius 3 is 1.13 bits per heavy atom. The van der Waals surface area contributed by atoms with E-state index in [0.717, 1.165) is 38.9 Å². The number of hydrogen-bond acceptors (Lipinski definition) is 5. The molecule has 3 aromatic carbocycles. The number of rotatable bonds is 5. The van der Waals surface area contributed by atoms with Crippen LogP contribution < -0.4 is 9.47 Å². The fraction of sp³-hybridized carbons (Fsp3) is 0.280. The maximum atomic E-state index is 10.4. The molecule has 0 radical (unpaired) electrons. The van der Waals surface area contributed by atoms with Crippen molar-refractivity contribution in [2.45, 2.75) is 33.6 Å². The fourth-order valence-electron chi connectivity index (χ4n) is 3.97. The Morgan fingerprint density at radius 2 is 0.833 bits per heavy atom. The van der Waals surface area contributed by atoms with Crippen molar-refractivity contribution in [1.82, 2.24) is 0 Å². The lowest BCUT2D eigenvalue weighted by Gasteiger charge is -2.23. The Balaban J connectivity index is 2.34. The highest BCUT2D eigenvalue weighted by molar-refractivity contribution is 5.59. The maximum absolute atomic E-state index is 10.4. The van der Waals surface area contributed by atoms with Gasteiger partial charge in [-0.2, -0.15) is 0 Å². The van der Waals surface area contributed by atoms with Crippen molar-refractivity contribution in [3.63, 3.8) is 0 Å². The highest BCUT2D eigenvalue weighted by atomic mass is 16.5. The summed E-state index contributed by atoms with van der Waals surface area (Å²) >= 11 is 0. The van der Waals surface area contributed by atoms with Gasteiger partial charge < -0.3 is 24.8 Å². The smallest absolute Gasteiger partial charge is 0.200 e. The molecule has 0 aromatic heterocycles. The Kier molecular flexibility index (Phi) is 5.83. The number of aromatic hydroxyl groups is 3. The standard InChI is InChI=1S/C25H28O5/c1-13-7-17(8-14(2)23(13)26)22(18-9-15(3)24(27)16(4)10-18)19-11-20(29-5)25(28)21(12-19)30-6/h7-12,22,26-28H,1-6H3. The van der Waals surface area contributed by atoms with Gasteiger partial charge in [0, 0.05) is 5.92 Å². The molecule has 0 bridgehead atoms. The Morgan fingerprint density at radius 1 is 0.533 bits per heavy atom. The average Bonchev–Trinajstić information content (AvgIpc) is 2.71. The van der Waals surface area contributed by atoms with Crippen LogP contribution in [0.1, 0.15) is 44.9 Å². The summed E-state index contributed by atoms with van der Waals surface area (Å²) in [4.78, 5) is 0. The lowest BCUT2D eigenvalue weighted by atomic mass is 9.82. The average molecular weight is 408 g/mol. The van der Waals surface area contributed by atoms with Crippen LogP contribution in [0.2, 0.25) is 0 Å². The van der Waals surface area contributed by atoms with Crippen molar-refractivity contribution in [1.29, 1.82) is 0 Å². The van der Waals surface area contributed by atoms with E-state index in [-0.39, 0.29) is 23.2 Å². The molecule has 0 aliphatic rings. The van der Waals surface area contributed by atoms with Crippen molar-refractivity contribution in [3.05, 3.63) is 75.3 Å². The van der Waals surface area contributed by atoms with Crippen LogP contribution in [0.25, 0.3) is 0 Å². The zero-order chi connectivity index (χ0) is 22.2. The molecule has 0 atom stereocenters. The third-order valence-corrected chi connectivity index (χ3v) is 5.53. The van der Waals surface area contributed by atoms with Crippen LogP contribution in [0.15, 0.2) is 36.4 Å². The minimum atomic E-state index is -0.232. The lowest BCUT2D eigenvalue weighted by Crippen LogP contribution is -2.07. The first-order valence-electron chi connectivity index (χ1n) is 9.73. The largest absolute Gasteiger partial charge is 0.507 e. The maximum Gasteiger partial charge on any atom is 0.200 e. The Labute approximate surface area is 177 Å². The van der Waals surface area contributed by atoms with E-state index in [4.69, 9.17) is 9.47 Å². The Hall–Kier alpha value is -3.34. The number of phenols is 3. The van der Waals surface area contributed by atoms with E-state index >= 15 is 0 Å². The van der Waals surface area contributed by atoms with Crippen LogP contribution in [0, 0.1) is 27.7 Å². The van der Waals surface area contributed by atoms with Crippen molar-refractivity contribution >= 4 is 0 Å². The molecular weight excluding hydrogens is 380 g/mol. The van der Waals surface area contributed by atoms with Gasteiger partial charge in [-0.05, 0) is 78.8 Å². The first-order chi connectivity index (χ1) is 14.2. The molecule has 5 nitrogen and oxygen atoms in total. The van der Waals surface area contributed by atoms with E-state index in [1.807, 2.05) is 52.0 Å². The fourth-order valence-corrected chi connectivity index (χ4v) is 3.97. The van der Waals surface area contributed by atoms with Gasteiger partial charge >= 0.3 is 0 Å². The summed E-state index contributed by atoms with van der Waals surface area (Å²) in [7, 11) is 2.99. The molecule has 0 saturated heterocycles. The number of hydrogen-bond donors (Lipinski definition) is 3. The summed E-state index contributed by atoms with van der Waals surface area (Å²) in [6.45, 7) is 7.48. The number of benzene rings is 3. The second-order valence-electron chi connectivity index (χ2n) is 7.71. The van der Waals surface area contributed by atoms with Gasteiger partial charge in [0.15, 0.2) is 11.5 Å². The second-order valence-corrected chi connectivity index (χ2v) is 7.71. The van der Waals surface area contributed by atoms with Crippen LogP contribution in [0.5, 0.6) is 28.7 Å². The van der Waals surface area contributed by atoms with Gasteiger partial charge in [0.25, 0.3) is 0 Å². The molecule has 30 heavy (non-hydrogen) atoms. The van der Waals surface area contributed by atoms with E-state index in [1.54, 1.807) is 12.1 Å². The SMILES string of the molecule is COc1cc(C(c2cc(C)c(O)c(C)c2)c2cc(C)c(O)c(C)c2)cc(OC)c1O. The van der Waals surface area contributed by atoms with Crippen LogP contribution in [-0.2, 0) is 0 Å². The summed E-state index contributed by atoms with van der Waals surface area (Å²) in [5.41, 5.74) is 5.92. The highest BCUT2D eigenvalue weighted by Crippen LogP contribution is 2.44. The number of ether oxygens (including phenoxy) is 2. The molecule has 158 valence electrons. The first-order valence-corrected chi connectivity index (χ1v) is 9.73. The minimum absolute atomic E-state index is 0.0568. The molecule has 0 amide bonds. The first kappa shape index (κ1) is 21.4. The predicted octanol–water partition coefficient (Wildman–Crippen LogP) is 5.23. The van der Waals surface area contributed by atoms with E-state index in [2.05, 4.69) is 0 Å². The molecule has 0 heterocycles. The molecule has 0 fully saturated rings. The molecule has 5 heteroatoms. The highest BCUT2D eigenvalue weighted by Gasteiger charge is 2.23. The molecule has 3 rings (SSSR count). The topological polar surface area (TPSA) is 79.2 Å². The molecule has 0 saturated carbocycles. The van der Waals surface area contributed by atoms with Gasteiger partial charge in [0.05, 0.1) is 14.2 Å². The van der Waals surface area contributed by atoms with Gasteiger partial charge in [0.1, 0.15) is 11.5 Å². The number of methoxy groups -OCH3 is 2. The summed E-state index contributed by atoms with van der Waals surface area (Å²) in [5.74, 6) is 0.887. The van der Waals surface area contributed by atoms with Crippen molar-refractivity contribution in [2.24, 2.45) is 0 Å². The zero-order valence-electron chi connectivity index (χ0n) is 18.2. The second kappa shape index (κ2) is 8.19. The van der Waals surface area contributed by atoms with Gasteiger partial charge in [-0.3, -0.25) is 0 Å². The van der Waals surface area contributed by atoms with Gasteiger partial charge in [0.2, 0.25) is 5.75 Å². The van der Waals surface area contributed by atoms with Crippen LogP contribution in [-0.4, -0.2) is 29.5 Å². The quantitative estimate of drug-likeness (QED) is 0.504. The van der Waals surface area contributed by atoms with Crippen LogP contribution in [0.3, 0.4) is 0 Å². The Bertz CT molecular complexity index is 972. The normalized spacial score (nSPS) is 11.0. The molecule has 0 spiro atoms. The molecule has 0 aliphatic heterocycles. The summed E-state index contributed by atoms with van der Waals surface area (Å²) in [6.07, 6.45) is 0. The third-order valence-electron chi connectivity index (χ3n) is 5.53. The summed E-state index contributed by atoms with van der Waals surface area (Å²) in [5, 5.41) is 30.9. The van der Waals surface area contributed by atoms with Crippen molar-refractivity contribution in [2.75, 3.05) is 14.2 Å². The van der Waals surface area contributed by atoms with Crippen molar-refractivity contribution in [3.8, 4) is 28.7 Å². The number of aryl methyl sites for hydroxylation is 4. The van der Waals surface area contributed by atoms with E-state index < -0.39 is 0 Å². The van der Waals surface area contributed by atoms with Crippen LogP contribution >= 0.6 is 0 Å². The molecule has 3 aromatic rings. The van der Waals surface area contributed by atoms with Gasteiger partial charge in [-0.1, -0.05) is 24.3 Å². The molecule has 0 unspecified atom stereocenters.